The van der Waals surface area contributed by atoms with Crippen molar-refractivity contribution in [2.24, 2.45) is 14.1 Å². The van der Waals surface area contributed by atoms with Crippen molar-refractivity contribution in [2.45, 2.75) is 25.4 Å². The Morgan fingerprint density at radius 2 is 1.90 bits per heavy atom. The van der Waals surface area contributed by atoms with Gasteiger partial charge < -0.3 is 9.73 Å². The first-order valence-electron chi connectivity index (χ1n) is 9.54. The molecule has 0 amide bonds. The highest BCUT2D eigenvalue weighted by Crippen LogP contribution is 2.29. The fourth-order valence-corrected chi connectivity index (χ4v) is 3.62. The summed E-state index contributed by atoms with van der Waals surface area (Å²) >= 11 is 12.0. The summed E-state index contributed by atoms with van der Waals surface area (Å²) in [4.78, 5) is 29.7. The molecule has 0 saturated heterocycles. The van der Waals surface area contributed by atoms with Crippen molar-refractivity contribution in [3.8, 4) is 11.5 Å². The van der Waals surface area contributed by atoms with E-state index in [1.807, 2.05) is 0 Å². The second-order valence-electron chi connectivity index (χ2n) is 7.45. The normalized spacial score (nSPS) is 13.8. The Morgan fingerprint density at radius 1 is 1.13 bits per heavy atom. The topological polar surface area (TPSA) is 113 Å². The molecule has 0 unspecified atom stereocenters. The van der Waals surface area contributed by atoms with Gasteiger partial charge in [-0.2, -0.15) is 4.98 Å². The predicted molar refractivity (Wildman–Crippen MR) is 116 cm³/mol. The number of aryl methyl sites for hydroxylation is 1. The van der Waals surface area contributed by atoms with Gasteiger partial charge in [0.25, 0.3) is 5.56 Å². The summed E-state index contributed by atoms with van der Waals surface area (Å²) < 4.78 is 9.88. The van der Waals surface area contributed by atoms with E-state index in [-0.39, 0.29) is 29.9 Å². The van der Waals surface area contributed by atoms with Gasteiger partial charge in [0.2, 0.25) is 17.7 Å². The van der Waals surface area contributed by atoms with E-state index in [0.717, 1.165) is 17.4 Å². The van der Waals surface area contributed by atoms with Crippen LogP contribution in [0.3, 0.4) is 0 Å². The third-order valence-corrected chi connectivity index (χ3v) is 5.92. The van der Waals surface area contributed by atoms with Gasteiger partial charge in [-0.15, -0.1) is 10.2 Å². The van der Waals surface area contributed by atoms with Crippen LogP contribution in [0, 0.1) is 0 Å². The minimum Gasteiger partial charge on any atom is -0.419 e. The lowest BCUT2D eigenvalue weighted by atomic mass is 10.2. The van der Waals surface area contributed by atoms with Crippen LogP contribution in [0.2, 0.25) is 10.0 Å². The van der Waals surface area contributed by atoms with Crippen LogP contribution >= 0.6 is 23.2 Å². The molecule has 10 nitrogen and oxygen atoms in total. The number of anilines is 1. The van der Waals surface area contributed by atoms with Gasteiger partial charge in [-0.1, -0.05) is 23.2 Å². The minimum atomic E-state index is -0.446. The third kappa shape index (κ3) is 3.41. The molecule has 12 heteroatoms. The number of hydrogen-bond donors (Lipinski definition) is 1. The highest BCUT2D eigenvalue weighted by atomic mass is 35.5. The number of nitrogens with zero attached hydrogens (tertiary/aromatic N) is 6. The molecular formula is C19H17Cl2N7O3. The molecule has 31 heavy (non-hydrogen) atoms. The summed E-state index contributed by atoms with van der Waals surface area (Å²) in [5.41, 5.74) is 0.305. The van der Waals surface area contributed by atoms with Crippen molar-refractivity contribution in [3.63, 3.8) is 0 Å². The van der Waals surface area contributed by atoms with Crippen molar-refractivity contribution in [2.75, 3.05) is 5.32 Å². The van der Waals surface area contributed by atoms with E-state index in [4.69, 9.17) is 27.6 Å². The first kappa shape index (κ1) is 19.8. The van der Waals surface area contributed by atoms with Crippen LogP contribution in [0.5, 0.6) is 0 Å². The molecule has 3 heterocycles. The minimum absolute atomic E-state index is 0.104. The standard InChI is InChI=1S/C19H17Cl2N7O3/c1-26-15-14(17(29)27(2)19(26)30)28(18(23-15)22-10-4-5-10)8-13-24-25-16(31-13)9-3-6-11(20)12(21)7-9/h3,6-7,10H,4-5,8H2,1-2H3,(H,22,23). The van der Waals surface area contributed by atoms with Crippen LogP contribution in [-0.4, -0.2) is 34.9 Å². The van der Waals surface area contributed by atoms with E-state index < -0.39 is 11.2 Å². The zero-order valence-electron chi connectivity index (χ0n) is 16.6. The van der Waals surface area contributed by atoms with Gasteiger partial charge in [-0.3, -0.25) is 18.5 Å². The second-order valence-corrected chi connectivity index (χ2v) is 8.26. The summed E-state index contributed by atoms with van der Waals surface area (Å²) in [7, 11) is 3.02. The van der Waals surface area contributed by atoms with Crippen molar-refractivity contribution >= 4 is 40.3 Å². The lowest BCUT2D eigenvalue weighted by Gasteiger charge is -2.08. The maximum Gasteiger partial charge on any atom is 0.332 e. The summed E-state index contributed by atoms with van der Waals surface area (Å²) in [5, 5.41) is 12.3. The molecule has 0 aliphatic heterocycles. The summed E-state index contributed by atoms with van der Waals surface area (Å²) in [6.45, 7) is 0.104. The molecule has 4 aromatic rings. The molecule has 0 bridgehead atoms. The maximum atomic E-state index is 12.9. The van der Waals surface area contributed by atoms with E-state index in [1.165, 1.54) is 11.6 Å². The van der Waals surface area contributed by atoms with E-state index in [0.29, 0.717) is 27.2 Å². The number of rotatable bonds is 5. The van der Waals surface area contributed by atoms with Crippen molar-refractivity contribution in [1.82, 2.24) is 28.9 Å². The van der Waals surface area contributed by atoms with Crippen LogP contribution in [0.15, 0.2) is 32.2 Å². The quantitative estimate of drug-likeness (QED) is 0.485. The lowest BCUT2D eigenvalue weighted by Crippen LogP contribution is -2.37. The highest BCUT2D eigenvalue weighted by Gasteiger charge is 2.26. The summed E-state index contributed by atoms with van der Waals surface area (Å²) in [6, 6.07) is 5.29. The van der Waals surface area contributed by atoms with Crippen molar-refractivity contribution in [1.29, 1.82) is 0 Å². The molecule has 3 aromatic heterocycles. The zero-order valence-corrected chi connectivity index (χ0v) is 18.1. The monoisotopic (exact) mass is 461 g/mol. The zero-order chi connectivity index (χ0) is 21.9. The fraction of sp³-hybridized carbons (Fsp3) is 0.316. The number of nitrogens with one attached hydrogen (secondary N) is 1. The number of aromatic nitrogens is 6. The van der Waals surface area contributed by atoms with Crippen LogP contribution < -0.4 is 16.6 Å². The van der Waals surface area contributed by atoms with Gasteiger partial charge in [0.1, 0.15) is 6.54 Å². The number of halogens is 2. The van der Waals surface area contributed by atoms with E-state index in [1.54, 1.807) is 29.8 Å². The molecule has 1 N–H and O–H groups in total. The smallest absolute Gasteiger partial charge is 0.332 e. The second kappa shape index (κ2) is 7.24. The molecule has 160 valence electrons. The molecule has 1 fully saturated rings. The van der Waals surface area contributed by atoms with Gasteiger partial charge in [-0.25, -0.2) is 4.79 Å². The van der Waals surface area contributed by atoms with Gasteiger partial charge in [0.15, 0.2) is 11.2 Å². The molecule has 1 aromatic carbocycles. The molecule has 1 aliphatic carbocycles. The SMILES string of the molecule is Cn1c(=O)c2c(nc(NC3CC3)n2Cc2nnc(-c3ccc(Cl)c(Cl)c3)o2)n(C)c1=O. The Hall–Kier alpha value is -3.11. The average molecular weight is 462 g/mol. The molecule has 0 spiro atoms. The predicted octanol–water partition coefficient (Wildman–Crippen LogP) is 2.41. The van der Waals surface area contributed by atoms with Crippen molar-refractivity contribution < 1.29 is 4.42 Å². The summed E-state index contributed by atoms with van der Waals surface area (Å²) in [6.07, 6.45) is 2.03. The molecule has 0 radical (unpaired) electrons. The third-order valence-electron chi connectivity index (χ3n) is 5.19. The van der Waals surface area contributed by atoms with Crippen LogP contribution in [0.1, 0.15) is 18.7 Å². The number of hydrogen-bond acceptors (Lipinski definition) is 7. The molecule has 1 saturated carbocycles. The Bertz CT molecular complexity index is 1450. The van der Waals surface area contributed by atoms with Gasteiger partial charge in [-0.05, 0) is 31.0 Å². The Morgan fingerprint density at radius 3 is 2.61 bits per heavy atom. The maximum absolute atomic E-state index is 12.9. The molecular weight excluding hydrogens is 445 g/mol. The highest BCUT2D eigenvalue weighted by molar-refractivity contribution is 6.42. The number of fused-ring (bicyclic) bond motifs is 1. The molecule has 0 atom stereocenters. The van der Waals surface area contributed by atoms with Gasteiger partial charge in [0.05, 0.1) is 10.0 Å². The number of imidazole rings is 1. The van der Waals surface area contributed by atoms with Gasteiger partial charge in [0, 0.05) is 25.7 Å². The average Bonchev–Trinajstić information content (AvgIpc) is 3.32. The lowest BCUT2D eigenvalue weighted by molar-refractivity contribution is 0.491. The van der Waals surface area contributed by atoms with E-state index in [9.17, 15) is 9.59 Å². The van der Waals surface area contributed by atoms with E-state index >= 15 is 0 Å². The Kier molecular flexibility index (Phi) is 4.63. The van der Waals surface area contributed by atoms with Crippen molar-refractivity contribution in [3.05, 3.63) is 55.0 Å². The largest absolute Gasteiger partial charge is 0.419 e. The van der Waals surface area contributed by atoms with Crippen LogP contribution in [0.4, 0.5) is 5.95 Å². The Balaban J connectivity index is 1.60. The summed E-state index contributed by atoms with van der Waals surface area (Å²) in [5.74, 6) is 1.02. The Labute approximate surface area is 185 Å². The fourth-order valence-electron chi connectivity index (χ4n) is 3.32. The van der Waals surface area contributed by atoms with E-state index in [2.05, 4.69) is 20.5 Å². The molecule has 1 aliphatic rings. The van der Waals surface area contributed by atoms with Crippen LogP contribution in [-0.2, 0) is 20.6 Å². The number of benzene rings is 1. The molecule has 5 rings (SSSR count). The first-order chi connectivity index (χ1) is 14.8. The van der Waals surface area contributed by atoms with Gasteiger partial charge >= 0.3 is 5.69 Å². The first-order valence-corrected chi connectivity index (χ1v) is 10.3. The van der Waals surface area contributed by atoms with Crippen LogP contribution in [0.25, 0.3) is 22.6 Å².